The highest BCUT2D eigenvalue weighted by Crippen LogP contribution is 2.28. The molecular weight excluding hydrogens is 426 g/mol. The summed E-state index contributed by atoms with van der Waals surface area (Å²) in [5.41, 5.74) is 1.53. The fourth-order valence-corrected chi connectivity index (χ4v) is 4.72. The highest BCUT2D eigenvalue weighted by molar-refractivity contribution is 9.10. The van der Waals surface area contributed by atoms with Crippen LogP contribution in [0.25, 0.3) is 10.6 Å². The van der Waals surface area contributed by atoms with E-state index in [0.717, 1.165) is 15.8 Å². The maximum absolute atomic E-state index is 12.3. The Morgan fingerprint density at radius 1 is 1.16 bits per heavy atom. The lowest BCUT2D eigenvalue weighted by Crippen LogP contribution is -2.14. The largest absolute Gasteiger partial charge is 0.497 e. The Bertz CT molecular complexity index is 972. The Labute approximate surface area is 158 Å². The first-order valence-corrected chi connectivity index (χ1v) is 10.4. The predicted octanol–water partition coefficient (Wildman–Crippen LogP) is 3.92. The Hall–Kier alpha value is -1.97. The van der Waals surface area contributed by atoms with E-state index in [9.17, 15) is 8.42 Å². The molecule has 9 heteroatoms. The third kappa shape index (κ3) is 4.77. The van der Waals surface area contributed by atoms with Crippen LogP contribution >= 0.6 is 27.3 Å². The SMILES string of the molecule is COc1ccc(-c2nnc(NS(=O)(=O)Cc3cccc(Br)c3)s2)cc1. The fraction of sp³-hybridized carbons (Fsp3) is 0.125. The van der Waals surface area contributed by atoms with Crippen molar-refractivity contribution in [3.63, 3.8) is 0 Å². The summed E-state index contributed by atoms with van der Waals surface area (Å²) in [6.45, 7) is 0. The number of nitrogens with one attached hydrogen (secondary N) is 1. The van der Waals surface area contributed by atoms with Gasteiger partial charge in [-0.2, -0.15) is 0 Å². The van der Waals surface area contributed by atoms with Gasteiger partial charge >= 0.3 is 0 Å². The van der Waals surface area contributed by atoms with Crippen LogP contribution in [0.3, 0.4) is 0 Å². The molecule has 0 radical (unpaired) electrons. The molecule has 0 saturated heterocycles. The molecule has 0 saturated carbocycles. The summed E-state index contributed by atoms with van der Waals surface area (Å²) in [5, 5.41) is 8.82. The standard InChI is InChI=1S/C16H14BrN3O3S2/c1-23-14-7-5-12(6-8-14)15-18-19-16(24-15)20-25(21,22)10-11-3-2-4-13(17)9-11/h2-9H,10H2,1H3,(H,19,20). The number of methoxy groups -OCH3 is 1. The number of anilines is 1. The molecule has 0 fully saturated rings. The topological polar surface area (TPSA) is 81.2 Å². The van der Waals surface area contributed by atoms with E-state index in [1.807, 2.05) is 30.3 Å². The van der Waals surface area contributed by atoms with Crippen LogP contribution in [0.1, 0.15) is 5.56 Å². The molecule has 6 nitrogen and oxygen atoms in total. The molecule has 0 bridgehead atoms. The van der Waals surface area contributed by atoms with Crippen molar-refractivity contribution in [2.75, 3.05) is 11.8 Å². The molecule has 25 heavy (non-hydrogen) atoms. The van der Waals surface area contributed by atoms with Crippen LogP contribution in [0.4, 0.5) is 5.13 Å². The summed E-state index contributed by atoms with van der Waals surface area (Å²) in [7, 11) is -1.97. The van der Waals surface area contributed by atoms with E-state index in [1.54, 1.807) is 25.3 Å². The van der Waals surface area contributed by atoms with Crippen LogP contribution in [-0.2, 0) is 15.8 Å². The van der Waals surface area contributed by atoms with Crippen molar-refractivity contribution >= 4 is 42.4 Å². The molecule has 0 atom stereocenters. The quantitative estimate of drug-likeness (QED) is 0.629. The van der Waals surface area contributed by atoms with Gasteiger partial charge in [0.25, 0.3) is 0 Å². The van der Waals surface area contributed by atoms with Crippen LogP contribution in [0.5, 0.6) is 5.75 Å². The Balaban J connectivity index is 1.73. The first kappa shape index (κ1) is 17.8. The van der Waals surface area contributed by atoms with Crippen molar-refractivity contribution in [2.45, 2.75) is 5.75 Å². The Morgan fingerprint density at radius 2 is 1.92 bits per heavy atom. The predicted molar refractivity (Wildman–Crippen MR) is 102 cm³/mol. The molecule has 130 valence electrons. The van der Waals surface area contributed by atoms with Crippen molar-refractivity contribution in [3.8, 4) is 16.3 Å². The highest BCUT2D eigenvalue weighted by Gasteiger charge is 2.15. The second-order valence-electron chi connectivity index (χ2n) is 5.13. The second kappa shape index (κ2) is 7.51. The van der Waals surface area contributed by atoms with E-state index in [-0.39, 0.29) is 10.9 Å². The molecule has 1 aromatic heterocycles. The normalized spacial score (nSPS) is 11.3. The third-order valence-corrected chi connectivity index (χ3v) is 5.98. The Morgan fingerprint density at radius 3 is 2.60 bits per heavy atom. The number of sulfonamides is 1. The zero-order valence-corrected chi connectivity index (χ0v) is 16.4. The molecule has 1 heterocycles. The number of halogens is 1. The zero-order chi connectivity index (χ0) is 17.9. The number of hydrogen-bond acceptors (Lipinski definition) is 6. The number of aromatic nitrogens is 2. The molecule has 0 aliphatic heterocycles. The summed E-state index contributed by atoms with van der Waals surface area (Å²) < 4.78 is 33.0. The van der Waals surface area contributed by atoms with Gasteiger partial charge < -0.3 is 4.74 Å². The number of hydrogen-bond donors (Lipinski definition) is 1. The molecule has 0 aliphatic carbocycles. The maximum atomic E-state index is 12.3. The molecule has 0 amide bonds. The monoisotopic (exact) mass is 439 g/mol. The fourth-order valence-electron chi connectivity index (χ4n) is 2.13. The average molecular weight is 440 g/mol. The average Bonchev–Trinajstić information content (AvgIpc) is 3.02. The van der Waals surface area contributed by atoms with E-state index in [2.05, 4.69) is 30.8 Å². The maximum Gasteiger partial charge on any atom is 0.238 e. The van der Waals surface area contributed by atoms with Gasteiger partial charge in [-0.25, -0.2) is 8.42 Å². The van der Waals surface area contributed by atoms with Gasteiger partial charge in [-0.05, 0) is 42.0 Å². The van der Waals surface area contributed by atoms with Gasteiger partial charge in [0.15, 0.2) is 0 Å². The van der Waals surface area contributed by atoms with Crippen molar-refractivity contribution in [1.82, 2.24) is 10.2 Å². The van der Waals surface area contributed by atoms with Gasteiger partial charge in [0.2, 0.25) is 15.2 Å². The van der Waals surface area contributed by atoms with Crippen molar-refractivity contribution in [2.24, 2.45) is 0 Å². The lowest BCUT2D eigenvalue weighted by Gasteiger charge is -2.05. The molecular formula is C16H14BrN3O3S2. The minimum absolute atomic E-state index is 0.135. The summed E-state index contributed by atoms with van der Waals surface area (Å²) in [6, 6.07) is 14.5. The van der Waals surface area contributed by atoms with Gasteiger partial charge in [-0.1, -0.05) is 39.4 Å². The molecule has 1 N–H and O–H groups in total. The van der Waals surface area contributed by atoms with Crippen LogP contribution in [0, 0.1) is 0 Å². The van der Waals surface area contributed by atoms with Crippen molar-refractivity contribution in [1.29, 1.82) is 0 Å². The van der Waals surface area contributed by atoms with Crippen LogP contribution < -0.4 is 9.46 Å². The number of nitrogens with zero attached hydrogens (tertiary/aromatic N) is 2. The van der Waals surface area contributed by atoms with Crippen LogP contribution in [0.15, 0.2) is 53.0 Å². The summed E-state index contributed by atoms with van der Waals surface area (Å²) >= 11 is 4.51. The molecule has 3 aromatic rings. The summed E-state index contributed by atoms with van der Waals surface area (Å²) in [4.78, 5) is 0. The van der Waals surface area contributed by atoms with Crippen LogP contribution in [0.2, 0.25) is 0 Å². The van der Waals surface area contributed by atoms with E-state index in [1.165, 1.54) is 11.3 Å². The zero-order valence-electron chi connectivity index (χ0n) is 13.1. The minimum atomic E-state index is -3.57. The summed E-state index contributed by atoms with van der Waals surface area (Å²) in [6.07, 6.45) is 0. The van der Waals surface area contributed by atoms with Gasteiger partial charge in [0, 0.05) is 10.0 Å². The Kier molecular flexibility index (Phi) is 5.36. The molecule has 0 aliphatic rings. The van der Waals surface area contributed by atoms with Gasteiger partial charge in [-0.15, -0.1) is 10.2 Å². The molecule has 0 unspecified atom stereocenters. The van der Waals surface area contributed by atoms with E-state index < -0.39 is 10.0 Å². The number of benzene rings is 2. The molecule has 3 rings (SSSR count). The first-order valence-electron chi connectivity index (χ1n) is 7.18. The molecule has 0 spiro atoms. The van der Waals surface area contributed by atoms with Gasteiger partial charge in [0.1, 0.15) is 10.8 Å². The minimum Gasteiger partial charge on any atom is -0.497 e. The second-order valence-corrected chi connectivity index (χ2v) is 8.75. The van der Waals surface area contributed by atoms with E-state index in [0.29, 0.717) is 10.6 Å². The smallest absolute Gasteiger partial charge is 0.238 e. The van der Waals surface area contributed by atoms with E-state index >= 15 is 0 Å². The van der Waals surface area contributed by atoms with Crippen LogP contribution in [-0.4, -0.2) is 25.7 Å². The summed E-state index contributed by atoms with van der Waals surface area (Å²) in [5.74, 6) is 0.604. The lowest BCUT2D eigenvalue weighted by atomic mass is 10.2. The van der Waals surface area contributed by atoms with Crippen molar-refractivity contribution in [3.05, 3.63) is 58.6 Å². The third-order valence-electron chi connectivity index (χ3n) is 3.25. The first-order chi connectivity index (χ1) is 11.9. The molecule has 2 aromatic carbocycles. The van der Waals surface area contributed by atoms with Gasteiger partial charge in [-0.3, -0.25) is 4.72 Å². The number of rotatable bonds is 6. The number of ether oxygens (including phenoxy) is 1. The highest BCUT2D eigenvalue weighted by atomic mass is 79.9. The lowest BCUT2D eigenvalue weighted by molar-refractivity contribution is 0.415. The van der Waals surface area contributed by atoms with Gasteiger partial charge in [0.05, 0.1) is 12.9 Å². The van der Waals surface area contributed by atoms with E-state index in [4.69, 9.17) is 4.74 Å². The van der Waals surface area contributed by atoms with Crippen molar-refractivity contribution < 1.29 is 13.2 Å².